The zero-order valence-electron chi connectivity index (χ0n) is 7.07. The number of hydrogen-bond acceptors (Lipinski definition) is 3. The molecule has 0 saturated carbocycles. The summed E-state index contributed by atoms with van der Waals surface area (Å²) in [4.78, 5) is 0. The van der Waals surface area contributed by atoms with Crippen molar-refractivity contribution >= 4 is 11.6 Å². The fourth-order valence-corrected chi connectivity index (χ4v) is 1.26. The van der Waals surface area contributed by atoms with Crippen LogP contribution in [-0.2, 0) is 6.42 Å². The molecule has 1 aromatic rings. The third kappa shape index (κ3) is 2.59. The molecule has 4 heteroatoms. The number of phenolic OH excluding ortho intramolecular Hbond substituents is 1. The third-order valence-electron chi connectivity index (χ3n) is 1.80. The van der Waals surface area contributed by atoms with Gasteiger partial charge < -0.3 is 15.9 Å². The van der Waals surface area contributed by atoms with Gasteiger partial charge in [-0.15, -0.1) is 0 Å². The van der Waals surface area contributed by atoms with Gasteiger partial charge in [0.1, 0.15) is 5.75 Å². The Hall–Kier alpha value is -0.770. The van der Waals surface area contributed by atoms with Crippen molar-refractivity contribution in [3.63, 3.8) is 0 Å². The molecule has 0 heterocycles. The molecule has 0 radical (unpaired) electrons. The number of aliphatic hydroxyl groups excluding tert-OH is 1. The Bertz CT molecular complexity index is 291. The minimum Gasteiger partial charge on any atom is -0.506 e. The summed E-state index contributed by atoms with van der Waals surface area (Å²) in [6, 6.07) is 5.02. The first-order chi connectivity index (χ1) is 6.15. The predicted octanol–water partition coefficient (Wildman–Crippen LogP) is 0.908. The van der Waals surface area contributed by atoms with E-state index in [0.29, 0.717) is 17.0 Å². The molecule has 1 atom stereocenters. The van der Waals surface area contributed by atoms with E-state index < -0.39 is 6.10 Å². The third-order valence-corrected chi connectivity index (χ3v) is 2.10. The zero-order chi connectivity index (χ0) is 9.84. The standard InChI is InChI=1S/C9H12ClNO2/c10-8-3-1-2-6(9(8)13)4-7(12)5-11/h1-3,7,12-13H,4-5,11H2. The van der Waals surface area contributed by atoms with Gasteiger partial charge in [-0.2, -0.15) is 0 Å². The number of rotatable bonds is 3. The van der Waals surface area contributed by atoms with Gasteiger partial charge in [-0.3, -0.25) is 0 Å². The van der Waals surface area contributed by atoms with E-state index in [1.54, 1.807) is 18.2 Å². The lowest BCUT2D eigenvalue weighted by atomic mass is 10.1. The van der Waals surface area contributed by atoms with Crippen LogP contribution in [0.25, 0.3) is 0 Å². The number of aliphatic hydroxyl groups is 1. The molecule has 0 bridgehead atoms. The zero-order valence-corrected chi connectivity index (χ0v) is 7.83. The van der Waals surface area contributed by atoms with Crippen LogP contribution < -0.4 is 5.73 Å². The van der Waals surface area contributed by atoms with E-state index >= 15 is 0 Å². The number of halogens is 1. The van der Waals surface area contributed by atoms with Crippen LogP contribution >= 0.6 is 11.6 Å². The summed E-state index contributed by atoms with van der Waals surface area (Å²) >= 11 is 5.68. The second-order valence-electron chi connectivity index (χ2n) is 2.84. The molecule has 0 amide bonds. The fourth-order valence-electron chi connectivity index (χ4n) is 1.06. The minimum absolute atomic E-state index is 0.0247. The number of hydrogen-bond donors (Lipinski definition) is 3. The van der Waals surface area contributed by atoms with Crippen molar-refractivity contribution in [3.8, 4) is 5.75 Å². The van der Waals surface area contributed by atoms with Crippen LogP contribution in [0.2, 0.25) is 5.02 Å². The van der Waals surface area contributed by atoms with Crippen LogP contribution in [0.15, 0.2) is 18.2 Å². The summed E-state index contributed by atoms with van der Waals surface area (Å²) < 4.78 is 0. The van der Waals surface area contributed by atoms with Gasteiger partial charge in [0.05, 0.1) is 11.1 Å². The van der Waals surface area contributed by atoms with Crippen molar-refractivity contribution in [2.24, 2.45) is 5.73 Å². The maximum absolute atomic E-state index is 9.46. The lowest BCUT2D eigenvalue weighted by molar-refractivity contribution is 0.182. The van der Waals surface area contributed by atoms with Gasteiger partial charge in [0, 0.05) is 13.0 Å². The smallest absolute Gasteiger partial charge is 0.137 e. The molecule has 0 aromatic heterocycles. The monoisotopic (exact) mass is 201 g/mol. The highest BCUT2D eigenvalue weighted by atomic mass is 35.5. The Labute approximate surface area is 81.8 Å². The van der Waals surface area contributed by atoms with Gasteiger partial charge in [0.25, 0.3) is 0 Å². The topological polar surface area (TPSA) is 66.5 Å². The number of nitrogens with two attached hydrogens (primary N) is 1. The van der Waals surface area contributed by atoms with Crippen LogP contribution in [0.4, 0.5) is 0 Å². The van der Waals surface area contributed by atoms with E-state index in [1.807, 2.05) is 0 Å². The normalized spacial score (nSPS) is 12.8. The van der Waals surface area contributed by atoms with Crippen LogP contribution in [0.1, 0.15) is 5.56 Å². The Kier molecular flexibility index (Phi) is 3.54. The van der Waals surface area contributed by atoms with Gasteiger partial charge in [-0.05, 0) is 11.6 Å². The number of benzene rings is 1. The highest BCUT2D eigenvalue weighted by Gasteiger charge is 2.09. The predicted molar refractivity (Wildman–Crippen MR) is 51.9 cm³/mol. The molecule has 0 aliphatic carbocycles. The highest BCUT2D eigenvalue weighted by molar-refractivity contribution is 6.32. The first-order valence-electron chi connectivity index (χ1n) is 3.99. The maximum Gasteiger partial charge on any atom is 0.137 e. The second-order valence-corrected chi connectivity index (χ2v) is 3.25. The van der Waals surface area contributed by atoms with Gasteiger partial charge in [-0.25, -0.2) is 0 Å². The molecular weight excluding hydrogens is 190 g/mol. The van der Waals surface area contributed by atoms with E-state index in [9.17, 15) is 10.2 Å². The van der Waals surface area contributed by atoms with Crippen molar-refractivity contribution < 1.29 is 10.2 Å². The first kappa shape index (κ1) is 10.3. The van der Waals surface area contributed by atoms with Crippen molar-refractivity contribution in [2.75, 3.05) is 6.54 Å². The Morgan fingerprint density at radius 3 is 2.77 bits per heavy atom. The largest absolute Gasteiger partial charge is 0.506 e. The number of aromatic hydroxyl groups is 1. The summed E-state index contributed by atoms with van der Waals surface area (Å²) in [5.74, 6) is 0.0247. The molecule has 1 rings (SSSR count). The lowest BCUT2D eigenvalue weighted by Gasteiger charge is -2.09. The van der Waals surface area contributed by atoms with Crippen LogP contribution in [0.5, 0.6) is 5.75 Å². The summed E-state index contributed by atoms with van der Waals surface area (Å²) in [6.07, 6.45) is -0.313. The van der Waals surface area contributed by atoms with Crippen LogP contribution in [0.3, 0.4) is 0 Å². The molecule has 72 valence electrons. The molecule has 0 aliphatic rings. The molecule has 0 spiro atoms. The molecule has 4 N–H and O–H groups in total. The highest BCUT2D eigenvalue weighted by Crippen LogP contribution is 2.27. The molecule has 3 nitrogen and oxygen atoms in total. The molecule has 13 heavy (non-hydrogen) atoms. The van der Waals surface area contributed by atoms with Gasteiger partial charge in [0.15, 0.2) is 0 Å². The van der Waals surface area contributed by atoms with E-state index in [1.165, 1.54) is 0 Å². The number of phenols is 1. The molecule has 1 unspecified atom stereocenters. The minimum atomic E-state index is -0.635. The molecule has 0 fully saturated rings. The van der Waals surface area contributed by atoms with E-state index in [-0.39, 0.29) is 12.3 Å². The van der Waals surface area contributed by atoms with E-state index in [4.69, 9.17) is 17.3 Å². The Balaban J connectivity index is 2.83. The van der Waals surface area contributed by atoms with Crippen molar-refractivity contribution in [1.82, 2.24) is 0 Å². The SMILES string of the molecule is NCC(O)Cc1cccc(Cl)c1O. The van der Waals surface area contributed by atoms with E-state index in [0.717, 1.165) is 0 Å². The quantitative estimate of drug-likeness (QED) is 0.681. The van der Waals surface area contributed by atoms with Crippen molar-refractivity contribution in [2.45, 2.75) is 12.5 Å². The van der Waals surface area contributed by atoms with Gasteiger partial charge in [-0.1, -0.05) is 23.7 Å². The van der Waals surface area contributed by atoms with Gasteiger partial charge >= 0.3 is 0 Å². The van der Waals surface area contributed by atoms with Gasteiger partial charge in [0.2, 0.25) is 0 Å². The fraction of sp³-hybridized carbons (Fsp3) is 0.333. The van der Waals surface area contributed by atoms with Crippen LogP contribution in [0, 0.1) is 0 Å². The Morgan fingerprint density at radius 1 is 1.46 bits per heavy atom. The maximum atomic E-state index is 9.46. The summed E-state index contributed by atoms with van der Waals surface area (Å²) in [5, 5.41) is 19.0. The number of para-hydroxylation sites is 1. The second kappa shape index (κ2) is 4.46. The summed E-state index contributed by atoms with van der Waals surface area (Å²) in [7, 11) is 0. The first-order valence-corrected chi connectivity index (χ1v) is 4.37. The summed E-state index contributed by atoms with van der Waals surface area (Å²) in [6.45, 7) is 0.173. The van der Waals surface area contributed by atoms with Crippen molar-refractivity contribution in [1.29, 1.82) is 0 Å². The average molecular weight is 202 g/mol. The summed E-state index contributed by atoms with van der Waals surface area (Å²) in [5.41, 5.74) is 5.86. The average Bonchev–Trinajstić information content (AvgIpc) is 2.13. The van der Waals surface area contributed by atoms with E-state index in [2.05, 4.69) is 0 Å². The molecule has 1 aromatic carbocycles. The van der Waals surface area contributed by atoms with Crippen LogP contribution in [-0.4, -0.2) is 22.9 Å². The lowest BCUT2D eigenvalue weighted by Crippen LogP contribution is -2.21. The van der Waals surface area contributed by atoms with Crippen molar-refractivity contribution in [3.05, 3.63) is 28.8 Å². The molecular formula is C9H12ClNO2. The Morgan fingerprint density at radius 2 is 2.15 bits per heavy atom. The molecule has 0 aliphatic heterocycles. The molecule has 0 saturated heterocycles.